The molecule has 1 heterocycles. The van der Waals surface area contributed by atoms with Crippen molar-refractivity contribution in [1.82, 2.24) is 9.78 Å². The molecule has 0 aliphatic rings. The smallest absolute Gasteiger partial charge is 0.389 e. The van der Waals surface area contributed by atoms with Crippen LogP contribution in [0.25, 0.3) is 5.69 Å². The first-order valence-corrected chi connectivity index (χ1v) is 5.30. The number of rotatable bonds is 2. The number of halogens is 3. The Labute approximate surface area is 101 Å². The second-order valence-corrected chi connectivity index (χ2v) is 3.88. The van der Waals surface area contributed by atoms with Crippen molar-refractivity contribution in [2.24, 2.45) is 0 Å². The van der Waals surface area contributed by atoms with E-state index in [1.165, 1.54) is 6.20 Å². The summed E-state index contributed by atoms with van der Waals surface area (Å²) in [4.78, 5) is 0. The number of hydrogen-bond acceptors (Lipinski definition) is 2. The number of benzene rings is 1. The lowest BCUT2D eigenvalue weighted by molar-refractivity contribution is -0.141. The Balaban J connectivity index is 2.47. The van der Waals surface area contributed by atoms with Crippen molar-refractivity contribution in [3.05, 3.63) is 47.8 Å². The molecule has 0 spiro atoms. The van der Waals surface area contributed by atoms with Crippen LogP contribution in [0.4, 0.5) is 13.2 Å². The zero-order valence-corrected chi connectivity index (χ0v) is 9.52. The minimum absolute atomic E-state index is 0.433. The van der Waals surface area contributed by atoms with Gasteiger partial charge in [-0.2, -0.15) is 18.3 Å². The molecule has 6 heteroatoms. The average molecular weight is 256 g/mol. The molecule has 1 atom stereocenters. The van der Waals surface area contributed by atoms with Crippen LogP contribution in [0.3, 0.4) is 0 Å². The Bertz CT molecular complexity index is 546. The van der Waals surface area contributed by atoms with Crippen LogP contribution >= 0.6 is 0 Å². The standard InChI is InChI=1S/C12H11F3N2O/c1-8(18)9-4-2-3-5-10(9)17-7-6-11(16-17)12(13,14)15/h2-8,18H,1H3/t8-/m0/s1. The molecule has 2 aromatic rings. The van der Waals surface area contributed by atoms with Crippen molar-refractivity contribution < 1.29 is 18.3 Å². The van der Waals surface area contributed by atoms with Gasteiger partial charge in [0.05, 0.1) is 11.8 Å². The topological polar surface area (TPSA) is 38.0 Å². The van der Waals surface area contributed by atoms with E-state index < -0.39 is 18.0 Å². The van der Waals surface area contributed by atoms with Gasteiger partial charge in [-0.25, -0.2) is 4.68 Å². The van der Waals surface area contributed by atoms with Crippen LogP contribution in [0.5, 0.6) is 0 Å². The maximum atomic E-state index is 12.5. The van der Waals surface area contributed by atoms with E-state index in [0.29, 0.717) is 11.3 Å². The molecule has 1 N–H and O–H groups in total. The van der Waals surface area contributed by atoms with E-state index in [1.54, 1.807) is 31.2 Å². The highest BCUT2D eigenvalue weighted by Crippen LogP contribution is 2.29. The summed E-state index contributed by atoms with van der Waals surface area (Å²) in [6, 6.07) is 7.54. The van der Waals surface area contributed by atoms with Crippen molar-refractivity contribution >= 4 is 0 Å². The molecule has 0 saturated heterocycles. The Morgan fingerprint density at radius 2 is 1.89 bits per heavy atom. The van der Waals surface area contributed by atoms with E-state index >= 15 is 0 Å². The van der Waals surface area contributed by atoms with Crippen LogP contribution in [-0.2, 0) is 6.18 Å². The van der Waals surface area contributed by atoms with E-state index in [1.807, 2.05) is 0 Å². The summed E-state index contributed by atoms with van der Waals surface area (Å²) in [7, 11) is 0. The van der Waals surface area contributed by atoms with Crippen molar-refractivity contribution in [2.75, 3.05) is 0 Å². The summed E-state index contributed by atoms with van der Waals surface area (Å²) in [5.41, 5.74) is 0.000204. The molecule has 2 rings (SSSR count). The van der Waals surface area contributed by atoms with Gasteiger partial charge in [-0.1, -0.05) is 18.2 Å². The SMILES string of the molecule is C[C@H](O)c1ccccc1-n1ccc(C(F)(F)F)n1. The summed E-state index contributed by atoms with van der Waals surface area (Å²) in [6.45, 7) is 1.55. The van der Waals surface area contributed by atoms with Crippen LogP contribution in [-0.4, -0.2) is 14.9 Å². The maximum Gasteiger partial charge on any atom is 0.435 e. The van der Waals surface area contributed by atoms with Gasteiger partial charge in [-0.3, -0.25) is 0 Å². The van der Waals surface area contributed by atoms with Gasteiger partial charge in [0.2, 0.25) is 0 Å². The Morgan fingerprint density at radius 1 is 1.22 bits per heavy atom. The zero-order chi connectivity index (χ0) is 13.3. The summed E-state index contributed by atoms with van der Waals surface area (Å²) in [6.07, 6.45) is -4.02. The van der Waals surface area contributed by atoms with Crippen molar-refractivity contribution in [3.8, 4) is 5.69 Å². The van der Waals surface area contributed by atoms with Crippen LogP contribution in [0.2, 0.25) is 0 Å². The van der Waals surface area contributed by atoms with Gasteiger partial charge in [-0.15, -0.1) is 0 Å². The van der Waals surface area contributed by atoms with Gasteiger partial charge in [0.25, 0.3) is 0 Å². The number of alkyl halides is 3. The van der Waals surface area contributed by atoms with Crippen molar-refractivity contribution in [3.63, 3.8) is 0 Å². The van der Waals surface area contributed by atoms with E-state index in [0.717, 1.165) is 10.7 Å². The lowest BCUT2D eigenvalue weighted by Crippen LogP contribution is -2.08. The van der Waals surface area contributed by atoms with Gasteiger partial charge in [0, 0.05) is 11.8 Å². The van der Waals surface area contributed by atoms with Crippen LogP contribution in [0.15, 0.2) is 36.5 Å². The van der Waals surface area contributed by atoms with Gasteiger partial charge in [0.1, 0.15) is 0 Å². The fraction of sp³-hybridized carbons (Fsp3) is 0.250. The third-order valence-corrected chi connectivity index (χ3v) is 2.51. The molecule has 0 bridgehead atoms. The molecule has 1 aromatic heterocycles. The predicted molar refractivity (Wildman–Crippen MR) is 59.2 cm³/mol. The van der Waals surface area contributed by atoms with E-state index in [9.17, 15) is 18.3 Å². The minimum Gasteiger partial charge on any atom is -0.389 e. The third-order valence-electron chi connectivity index (χ3n) is 2.51. The Hall–Kier alpha value is -1.82. The molecule has 3 nitrogen and oxygen atoms in total. The van der Waals surface area contributed by atoms with Gasteiger partial charge >= 0.3 is 6.18 Å². The highest BCUT2D eigenvalue weighted by Gasteiger charge is 2.33. The normalized spacial score (nSPS) is 13.6. The molecule has 0 aliphatic heterocycles. The quantitative estimate of drug-likeness (QED) is 0.897. The zero-order valence-electron chi connectivity index (χ0n) is 9.52. The molecular weight excluding hydrogens is 245 g/mol. The maximum absolute atomic E-state index is 12.5. The molecule has 96 valence electrons. The van der Waals surface area contributed by atoms with Crippen molar-refractivity contribution in [1.29, 1.82) is 0 Å². The monoisotopic (exact) mass is 256 g/mol. The Morgan fingerprint density at radius 3 is 2.44 bits per heavy atom. The number of nitrogens with zero attached hydrogens (tertiary/aromatic N) is 2. The van der Waals surface area contributed by atoms with E-state index in [2.05, 4.69) is 5.10 Å². The number of aliphatic hydroxyl groups is 1. The van der Waals surface area contributed by atoms with Gasteiger partial charge in [-0.05, 0) is 19.1 Å². The fourth-order valence-corrected chi connectivity index (χ4v) is 1.66. The summed E-state index contributed by atoms with van der Waals surface area (Å²) in [5, 5.41) is 13.0. The van der Waals surface area contributed by atoms with Crippen LogP contribution in [0, 0.1) is 0 Å². The minimum atomic E-state index is -4.47. The molecule has 0 unspecified atom stereocenters. The molecule has 18 heavy (non-hydrogen) atoms. The molecule has 0 radical (unpaired) electrons. The second kappa shape index (κ2) is 4.45. The van der Waals surface area contributed by atoms with Crippen LogP contribution in [0.1, 0.15) is 24.3 Å². The highest BCUT2D eigenvalue weighted by molar-refractivity contribution is 5.41. The van der Waals surface area contributed by atoms with Gasteiger partial charge < -0.3 is 5.11 Å². The predicted octanol–water partition coefficient (Wildman–Crippen LogP) is 2.94. The molecule has 0 aliphatic carbocycles. The molecule has 0 saturated carbocycles. The van der Waals surface area contributed by atoms with E-state index in [4.69, 9.17) is 0 Å². The lowest BCUT2D eigenvalue weighted by Gasteiger charge is -2.11. The first-order valence-electron chi connectivity index (χ1n) is 5.30. The number of para-hydroxylation sites is 1. The highest BCUT2D eigenvalue weighted by atomic mass is 19.4. The van der Waals surface area contributed by atoms with Crippen molar-refractivity contribution in [2.45, 2.75) is 19.2 Å². The molecule has 0 fully saturated rings. The third kappa shape index (κ3) is 2.38. The first kappa shape index (κ1) is 12.6. The summed E-state index contributed by atoms with van der Waals surface area (Å²) in [5.74, 6) is 0. The summed E-state index contributed by atoms with van der Waals surface area (Å²) < 4.78 is 38.5. The number of aromatic nitrogens is 2. The van der Waals surface area contributed by atoms with Crippen LogP contribution < -0.4 is 0 Å². The van der Waals surface area contributed by atoms with E-state index in [-0.39, 0.29) is 0 Å². The number of aliphatic hydroxyl groups excluding tert-OH is 1. The molecule has 1 aromatic carbocycles. The summed E-state index contributed by atoms with van der Waals surface area (Å²) >= 11 is 0. The fourth-order valence-electron chi connectivity index (χ4n) is 1.66. The molecular formula is C12H11F3N2O. The first-order chi connectivity index (χ1) is 8.39. The Kier molecular flexibility index (Phi) is 3.13. The largest absolute Gasteiger partial charge is 0.435 e. The molecule has 0 amide bonds. The number of hydrogen-bond donors (Lipinski definition) is 1. The average Bonchev–Trinajstić information content (AvgIpc) is 2.77. The van der Waals surface area contributed by atoms with Gasteiger partial charge in [0.15, 0.2) is 5.69 Å². The second-order valence-electron chi connectivity index (χ2n) is 3.88. The lowest BCUT2D eigenvalue weighted by atomic mass is 10.1.